The third-order valence-electron chi connectivity index (χ3n) is 5.03. The third kappa shape index (κ3) is 3.82. The van der Waals surface area contributed by atoms with Crippen LogP contribution in [0.15, 0.2) is 52.3 Å². The number of nitrogens with zero attached hydrogens (tertiary/aromatic N) is 2. The molecule has 0 saturated carbocycles. The van der Waals surface area contributed by atoms with Crippen molar-refractivity contribution in [3.05, 3.63) is 80.5 Å². The minimum atomic E-state index is -0.498. The molecule has 0 amide bonds. The van der Waals surface area contributed by atoms with Gasteiger partial charge in [0.2, 0.25) is 11.8 Å². The zero-order valence-electron chi connectivity index (χ0n) is 16.7. The van der Waals surface area contributed by atoms with Crippen LogP contribution >= 0.6 is 15.9 Å². The molecule has 4 rings (SSSR count). The predicted molar refractivity (Wildman–Crippen MR) is 114 cm³/mol. The second kappa shape index (κ2) is 8.32. The first kappa shape index (κ1) is 20.8. The summed E-state index contributed by atoms with van der Waals surface area (Å²) >= 11 is 3.59. The van der Waals surface area contributed by atoms with E-state index in [0.717, 1.165) is 22.4 Å². The normalized spacial score (nSPS) is 15.1. The maximum atomic E-state index is 13.1. The van der Waals surface area contributed by atoms with Crippen molar-refractivity contribution in [3.8, 4) is 23.4 Å². The number of fused-ring (bicyclic) bond motifs is 1. The van der Waals surface area contributed by atoms with Gasteiger partial charge in [-0.25, -0.2) is 4.39 Å². The van der Waals surface area contributed by atoms with Crippen molar-refractivity contribution < 1.29 is 18.6 Å². The first-order valence-electron chi connectivity index (χ1n) is 9.30. The number of aryl methyl sites for hydroxylation is 1. The molecule has 1 aliphatic heterocycles. The van der Waals surface area contributed by atoms with Gasteiger partial charge >= 0.3 is 0 Å². The van der Waals surface area contributed by atoms with Crippen LogP contribution < -0.4 is 19.9 Å². The Morgan fingerprint density at radius 2 is 2.03 bits per heavy atom. The van der Waals surface area contributed by atoms with Gasteiger partial charge in [0.25, 0.3) is 0 Å². The van der Waals surface area contributed by atoms with E-state index in [0.29, 0.717) is 21.9 Å². The van der Waals surface area contributed by atoms with Crippen LogP contribution in [0.2, 0.25) is 0 Å². The molecule has 0 fully saturated rings. The van der Waals surface area contributed by atoms with Gasteiger partial charge < -0.3 is 19.9 Å². The SMILES string of the molecule is COc1cc([C@@H]2C(C#N)=C(N)Oc3n[nH]c(C)c32)c(Br)cc1OCc1ccc(F)cc1. The molecule has 0 spiro atoms. The molecule has 2 heterocycles. The Hall–Kier alpha value is -3.51. The second-order valence-electron chi connectivity index (χ2n) is 6.93. The Balaban J connectivity index is 1.73. The number of hydrogen-bond acceptors (Lipinski definition) is 6. The summed E-state index contributed by atoms with van der Waals surface area (Å²) in [7, 11) is 1.53. The van der Waals surface area contributed by atoms with Gasteiger partial charge in [-0.1, -0.05) is 28.1 Å². The molecule has 7 nitrogen and oxygen atoms in total. The van der Waals surface area contributed by atoms with Crippen molar-refractivity contribution >= 4 is 15.9 Å². The topological polar surface area (TPSA) is 106 Å². The van der Waals surface area contributed by atoms with Crippen molar-refractivity contribution in [2.24, 2.45) is 5.73 Å². The molecule has 1 atom stereocenters. The zero-order chi connectivity index (χ0) is 22.1. The molecular weight excluding hydrogens is 467 g/mol. The van der Waals surface area contributed by atoms with Gasteiger partial charge in [-0.05, 0) is 42.3 Å². The zero-order valence-corrected chi connectivity index (χ0v) is 18.3. The summed E-state index contributed by atoms with van der Waals surface area (Å²) in [6.45, 7) is 2.09. The van der Waals surface area contributed by atoms with Crippen molar-refractivity contribution in [2.45, 2.75) is 19.4 Å². The van der Waals surface area contributed by atoms with Gasteiger partial charge in [0.1, 0.15) is 24.1 Å². The number of rotatable bonds is 5. The van der Waals surface area contributed by atoms with E-state index in [1.807, 2.05) is 6.92 Å². The van der Waals surface area contributed by atoms with Crippen LogP contribution in [0, 0.1) is 24.1 Å². The van der Waals surface area contributed by atoms with Gasteiger partial charge in [0, 0.05) is 15.7 Å². The van der Waals surface area contributed by atoms with Crippen molar-refractivity contribution in [2.75, 3.05) is 7.11 Å². The van der Waals surface area contributed by atoms with Crippen molar-refractivity contribution in [3.63, 3.8) is 0 Å². The molecule has 9 heteroatoms. The van der Waals surface area contributed by atoms with Crippen molar-refractivity contribution in [1.29, 1.82) is 5.26 Å². The fourth-order valence-corrected chi connectivity index (χ4v) is 4.05. The largest absolute Gasteiger partial charge is 0.493 e. The Kier molecular flexibility index (Phi) is 5.57. The molecular formula is C22H18BrFN4O3. The summed E-state index contributed by atoms with van der Waals surface area (Å²) in [6, 6.07) is 11.8. The van der Waals surface area contributed by atoms with Crippen LogP contribution in [0.25, 0.3) is 0 Å². The lowest BCUT2D eigenvalue weighted by atomic mass is 9.84. The molecule has 0 bridgehead atoms. The average Bonchev–Trinajstić information content (AvgIpc) is 3.12. The van der Waals surface area contributed by atoms with E-state index < -0.39 is 5.92 Å². The van der Waals surface area contributed by atoms with E-state index in [4.69, 9.17) is 19.9 Å². The Bertz CT molecular complexity index is 1210. The second-order valence-corrected chi connectivity index (χ2v) is 7.79. The molecule has 3 aromatic rings. The molecule has 0 saturated heterocycles. The van der Waals surface area contributed by atoms with Crippen molar-refractivity contribution in [1.82, 2.24) is 10.2 Å². The number of halogens is 2. The molecule has 2 aromatic carbocycles. The fourth-order valence-electron chi connectivity index (χ4n) is 3.50. The minimum absolute atomic E-state index is 0.00834. The standard InChI is InChI=1S/C22H18BrFN4O3/c1-11-19-20(15(9-25)21(26)31-22(19)28-27-11)14-7-17(29-2)18(8-16(14)23)30-10-12-3-5-13(24)6-4-12/h3-8,20H,10,26H2,1-2H3,(H,27,28)/t20-/m1/s1. The van der Waals surface area contributed by atoms with Gasteiger partial charge in [0.05, 0.1) is 13.0 Å². The van der Waals surface area contributed by atoms with E-state index in [1.165, 1.54) is 19.2 Å². The summed E-state index contributed by atoms with van der Waals surface area (Å²) < 4.78 is 30.8. The molecule has 31 heavy (non-hydrogen) atoms. The number of nitrogens with one attached hydrogen (secondary N) is 1. The molecule has 0 unspecified atom stereocenters. The van der Waals surface area contributed by atoms with E-state index in [-0.39, 0.29) is 23.9 Å². The highest BCUT2D eigenvalue weighted by atomic mass is 79.9. The fraction of sp³-hybridized carbons (Fsp3) is 0.182. The van der Waals surface area contributed by atoms with E-state index >= 15 is 0 Å². The highest BCUT2D eigenvalue weighted by Gasteiger charge is 2.36. The molecule has 1 aliphatic rings. The monoisotopic (exact) mass is 484 g/mol. The van der Waals surface area contributed by atoms with E-state index in [1.54, 1.807) is 24.3 Å². The summed E-state index contributed by atoms with van der Waals surface area (Å²) in [4.78, 5) is 0. The maximum Gasteiger partial charge on any atom is 0.244 e. The van der Waals surface area contributed by atoms with Crippen LogP contribution in [-0.2, 0) is 6.61 Å². The number of hydrogen-bond donors (Lipinski definition) is 2. The van der Waals surface area contributed by atoms with Crippen LogP contribution in [0.4, 0.5) is 4.39 Å². The summed E-state index contributed by atoms with van der Waals surface area (Å²) in [5.74, 6) is 0.510. The minimum Gasteiger partial charge on any atom is -0.493 e. The number of methoxy groups -OCH3 is 1. The van der Waals surface area contributed by atoms with E-state index in [2.05, 4.69) is 32.2 Å². The molecule has 1 aromatic heterocycles. The molecule has 158 valence electrons. The summed E-state index contributed by atoms with van der Waals surface area (Å²) in [6.07, 6.45) is 0. The van der Waals surface area contributed by atoms with Gasteiger partial charge in [-0.2, -0.15) is 5.26 Å². The Morgan fingerprint density at radius 3 is 2.71 bits per heavy atom. The van der Waals surface area contributed by atoms with Gasteiger partial charge in [-0.15, -0.1) is 5.10 Å². The smallest absolute Gasteiger partial charge is 0.244 e. The third-order valence-corrected chi connectivity index (χ3v) is 5.72. The lowest BCUT2D eigenvalue weighted by Gasteiger charge is -2.25. The first-order chi connectivity index (χ1) is 14.9. The van der Waals surface area contributed by atoms with Crippen LogP contribution in [0.5, 0.6) is 17.4 Å². The van der Waals surface area contributed by atoms with E-state index in [9.17, 15) is 9.65 Å². The highest BCUT2D eigenvalue weighted by Crippen LogP contribution is 2.47. The first-order valence-corrected chi connectivity index (χ1v) is 10.1. The number of benzene rings is 2. The lowest BCUT2D eigenvalue weighted by Crippen LogP contribution is -2.21. The van der Waals surface area contributed by atoms with Gasteiger partial charge in [0.15, 0.2) is 11.5 Å². The number of allylic oxidation sites excluding steroid dienone is 1. The Morgan fingerprint density at radius 1 is 1.29 bits per heavy atom. The highest BCUT2D eigenvalue weighted by molar-refractivity contribution is 9.10. The lowest BCUT2D eigenvalue weighted by molar-refractivity contribution is 0.284. The number of H-pyrrole nitrogens is 1. The summed E-state index contributed by atoms with van der Waals surface area (Å²) in [5.41, 5.74) is 9.34. The molecule has 0 aliphatic carbocycles. The number of nitrogens with two attached hydrogens (primary N) is 1. The molecule has 0 radical (unpaired) electrons. The quantitative estimate of drug-likeness (QED) is 0.554. The number of ether oxygens (including phenoxy) is 3. The predicted octanol–water partition coefficient (Wildman–Crippen LogP) is 4.43. The number of nitriles is 1. The number of aromatic amines is 1. The van der Waals surface area contributed by atoms with Crippen LogP contribution in [0.3, 0.4) is 0 Å². The molecule has 3 N–H and O–H groups in total. The number of aromatic nitrogens is 2. The average molecular weight is 485 g/mol. The van der Waals surface area contributed by atoms with Gasteiger partial charge in [-0.3, -0.25) is 5.10 Å². The Labute approximate surface area is 186 Å². The van der Waals surface area contributed by atoms with Crippen LogP contribution in [0.1, 0.15) is 28.3 Å². The summed E-state index contributed by atoms with van der Waals surface area (Å²) in [5, 5.41) is 16.8. The van der Waals surface area contributed by atoms with Crippen LogP contribution in [-0.4, -0.2) is 17.3 Å². The maximum absolute atomic E-state index is 13.1.